The molecule has 0 amide bonds. The third-order valence-corrected chi connectivity index (χ3v) is 4.43. The third-order valence-electron chi connectivity index (χ3n) is 2.64. The van der Waals surface area contributed by atoms with Crippen LogP contribution >= 0.6 is 24.0 Å². The molecule has 0 spiro atoms. The number of carbonyl (C=O) groups excluding carboxylic acids is 1. The number of nitrogens with zero attached hydrogens (tertiary/aromatic N) is 3. The molecular weight excluding hydrogens is 302 g/mol. The number of aliphatic imine (C=N–C) groups is 1. The van der Waals surface area contributed by atoms with Gasteiger partial charge >= 0.3 is 0 Å². The van der Waals surface area contributed by atoms with Crippen molar-refractivity contribution in [1.29, 1.82) is 0 Å². The van der Waals surface area contributed by atoms with E-state index in [4.69, 9.17) is 12.2 Å². The van der Waals surface area contributed by atoms with Crippen molar-refractivity contribution in [2.24, 2.45) is 4.99 Å². The smallest absolute Gasteiger partial charge is 0.170 e. The largest absolute Gasteiger partial charge is 0.363 e. The van der Waals surface area contributed by atoms with Crippen molar-refractivity contribution in [3.8, 4) is 0 Å². The first kappa shape index (κ1) is 17.7. The fourth-order valence-electron chi connectivity index (χ4n) is 1.45. The predicted molar refractivity (Wildman–Crippen MR) is 95.7 cm³/mol. The van der Waals surface area contributed by atoms with Gasteiger partial charge in [-0.25, -0.2) is 4.99 Å². The summed E-state index contributed by atoms with van der Waals surface area (Å²) in [4.78, 5) is 20.1. The zero-order valence-electron chi connectivity index (χ0n) is 13.1. The van der Waals surface area contributed by atoms with E-state index in [0.717, 1.165) is 15.2 Å². The summed E-state index contributed by atoms with van der Waals surface area (Å²) in [5.41, 5.74) is 1.45. The van der Waals surface area contributed by atoms with Crippen LogP contribution in [0.4, 0.5) is 5.69 Å². The summed E-state index contributed by atoms with van der Waals surface area (Å²) in [7, 11) is 7.66. The second-order valence-corrected chi connectivity index (χ2v) is 6.48. The summed E-state index contributed by atoms with van der Waals surface area (Å²) >= 11 is 6.73. The second kappa shape index (κ2) is 8.14. The first-order valence-electron chi connectivity index (χ1n) is 6.63. The first-order valence-corrected chi connectivity index (χ1v) is 7.86. The zero-order valence-corrected chi connectivity index (χ0v) is 14.7. The Kier molecular flexibility index (Phi) is 6.84. The Bertz CT molecular complexity index is 554. The van der Waals surface area contributed by atoms with Crippen LogP contribution in [0.25, 0.3) is 0 Å². The zero-order chi connectivity index (χ0) is 16.0. The van der Waals surface area contributed by atoms with Gasteiger partial charge in [0.15, 0.2) is 11.0 Å². The van der Waals surface area contributed by atoms with E-state index in [1.165, 1.54) is 11.8 Å². The maximum absolute atomic E-state index is 11.8. The summed E-state index contributed by atoms with van der Waals surface area (Å²) < 4.78 is 0.739. The summed E-state index contributed by atoms with van der Waals surface area (Å²) in [5, 5.41) is 0.787. The lowest BCUT2D eigenvalue weighted by molar-refractivity contribution is 0.0988. The van der Waals surface area contributed by atoms with Gasteiger partial charge in [0.05, 0.1) is 5.69 Å². The van der Waals surface area contributed by atoms with Crippen LogP contribution in [0.1, 0.15) is 23.7 Å². The minimum absolute atomic E-state index is 0.120. The minimum atomic E-state index is 0.120. The van der Waals surface area contributed by atoms with E-state index in [2.05, 4.69) is 4.99 Å². The minimum Gasteiger partial charge on any atom is -0.363 e. The molecule has 0 bridgehead atoms. The van der Waals surface area contributed by atoms with Gasteiger partial charge in [0.1, 0.15) is 4.32 Å². The first-order chi connectivity index (χ1) is 9.85. The molecule has 114 valence electrons. The topological polar surface area (TPSA) is 35.9 Å². The van der Waals surface area contributed by atoms with Crippen molar-refractivity contribution in [1.82, 2.24) is 9.80 Å². The number of benzene rings is 1. The average Bonchev–Trinajstić information content (AvgIpc) is 2.45. The number of hydrogen-bond donors (Lipinski definition) is 0. The molecule has 1 aromatic rings. The van der Waals surface area contributed by atoms with Crippen molar-refractivity contribution in [2.75, 3.05) is 28.2 Å². The fourth-order valence-corrected chi connectivity index (χ4v) is 2.34. The Hall–Kier alpha value is -1.40. The van der Waals surface area contributed by atoms with Crippen LogP contribution in [-0.4, -0.2) is 53.3 Å². The van der Waals surface area contributed by atoms with Gasteiger partial charge in [0, 0.05) is 40.2 Å². The maximum atomic E-state index is 11.8. The van der Waals surface area contributed by atoms with Crippen LogP contribution in [-0.2, 0) is 0 Å². The average molecular weight is 323 g/mol. The molecule has 0 aliphatic heterocycles. The lowest BCUT2D eigenvalue weighted by Crippen LogP contribution is -2.24. The lowest BCUT2D eigenvalue weighted by Gasteiger charge is -2.18. The molecule has 0 aliphatic rings. The van der Waals surface area contributed by atoms with E-state index in [-0.39, 0.29) is 5.78 Å². The monoisotopic (exact) mass is 323 g/mol. The SMILES string of the molecule is CCC(=O)c1cccc(N=C(SC(=S)N(C)C)N(C)C)c1. The van der Waals surface area contributed by atoms with Gasteiger partial charge in [0.25, 0.3) is 0 Å². The van der Waals surface area contributed by atoms with Gasteiger partial charge in [-0.2, -0.15) is 0 Å². The van der Waals surface area contributed by atoms with E-state index in [9.17, 15) is 4.79 Å². The van der Waals surface area contributed by atoms with E-state index in [0.29, 0.717) is 12.0 Å². The van der Waals surface area contributed by atoms with Crippen LogP contribution in [0, 0.1) is 0 Å². The van der Waals surface area contributed by atoms with Gasteiger partial charge in [-0.05, 0) is 23.9 Å². The number of thioether (sulfide) groups is 1. The molecule has 21 heavy (non-hydrogen) atoms. The maximum Gasteiger partial charge on any atom is 0.170 e. The number of carbonyl (C=O) groups is 1. The molecule has 1 aromatic carbocycles. The Morgan fingerprint density at radius 3 is 2.43 bits per heavy atom. The summed E-state index contributed by atoms with van der Waals surface area (Å²) in [6.45, 7) is 1.86. The molecule has 4 nitrogen and oxygen atoms in total. The van der Waals surface area contributed by atoms with Crippen LogP contribution in [0.3, 0.4) is 0 Å². The summed E-state index contributed by atoms with van der Waals surface area (Å²) in [5.74, 6) is 0.120. The molecule has 0 aromatic heterocycles. The Balaban J connectivity index is 3.05. The van der Waals surface area contributed by atoms with Crippen molar-refractivity contribution >= 4 is 44.9 Å². The molecule has 0 saturated heterocycles. The van der Waals surface area contributed by atoms with Crippen LogP contribution in [0.15, 0.2) is 29.3 Å². The highest BCUT2D eigenvalue weighted by molar-refractivity contribution is 8.32. The van der Waals surface area contributed by atoms with Gasteiger partial charge in [-0.15, -0.1) is 0 Å². The second-order valence-electron chi connectivity index (χ2n) is 4.88. The number of Topliss-reactive ketones (excluding diaryl/α,β-unsaturated/α-hetero) is 1. The van der Waals surface area contributed by atoms with Crippen LogP contribution < -0.4 is 0 Å². The molecule has 1 rings (SSSR count). The van der Waals surface area contributed by atoms with Gasteiger partial charge in [0.2, 0.25) is 0 Å². The van der Waals surface area contributed by atoms with Gasteiger partial charge in [-0.1, -0.05) is 31.3 Å². The number of amidine groups is 1. The van der Waals surface area contributed by atoms with Crippen molar-refractivity contribution in [3.63, 3.8) is 0 Å². The highest BCUT2D eigenvalue weighted by atomic mass is 32.2. The van der Waals surface area contributed by atoms with E-state index in [1.807, 2.05) is 69.2 Å². The number of ketones is 1. The Morgan fingerprint density at radius 2 is 1.90 bits per heavy atom. The van der Waals surface area contributed by atoms with E-state index in [1.54, 1.807) is 0 Å². The highest BCUT2D eigenvalue weighted by Crippen LogP contribution is 2.20. The molecule has 0 atom stereocenters. The molecule has 0 saturated carbocycles. The van der Waals surface area contributed by atoms with E-state index >= 15 is 0 Å². The molecule has 0 heterocycles. The molecule has 6 heteroatoms. The quantitative estimate of drug-likeness (QED) is 0.369. The van der Waals surface area contributed by atoms with Crippen molar-refractivity contribution < 1.29 is 4.79 Å². The Morgan fingerprint density at radius 1 is 1.24 bits per heavy atom. The number of hydrogen-bond acceptors (Lipinski definition) is 4. The third kappa shape index (κ3) is 5.47. The van der Waals surface area contributed by atoms with Gasteiger partial charge < -0.3 is 9.80 Å². The molecule has 0 fully saturated rings. The fraction of sp³-hybridized carbons (Fsp3) is 0.400. The molecule has 0 aliphatic carbocycles. The molecule has 0 N–H and O–H groups in total. The predicted octanol–water partition coefficient (Wildman–Crippen LogP) is 3.41. The standard InChI is InChI=1S/C15H21N3OS2/c1-6-13(19)11-8-7-9-12(10-11)16-14(17(2)3)21-15(20)18(4)5/h7-10H,6H2,1-5H3. The van der Waals surface area contributed by atoms with Crippen LogP contribution in [0.5, 0.6) is 0 Å². The van der Waals surface area contributed by atoms with Gasteiger partial charge in [-0.3, -0.25) is 4.79 Å². The highest BCUT2D eigenvalue weighted by Gasteiger charge is 2.10. The van der Waals surface area contributed by atoms with Crippen molar-refractivity contribution in [2.45, 2.75) is 13.3 Å². The normalized spacial score (nSPS) is 11.2. The number of rotatable bonds is 3. The summed E-state index contributed by atoms with van der Waals surface area (Å²) in [6, 6.07) is 7.37. The Labute approximate surface area is 136 Å². The van der Waals surface area contributed by atoms with E-state index < -0.39 is 0 Å². The lowest BCUT2D eigenvalue weighted by atomic mass is 10.1. The molecule has 0 unspecified atom stereocenters. The molecular formula is C15H21N3OS2. The van der Waals surface area contributed by atoms with Crippen LogP contribution in [0.2, 0.25) is 0 Å². The van der Waals surface area contributed by atoms with Crippen molar-refractivity contribution in [3.05, 3.63) is 29.8 Å². The summed E-state index contributed by atoms with van der Waals surface area (Å²) in [6.07, 6.45) is 0.493. The molecule has 0 radical (unpaired) electrons. The number of thiocarbonyl (C=S) groups is 1.